The lowest BCUT2D eigenvalue weighted by molar-refractivity contribution is 0.404. The SMILES string of the molecule is c1ccc2c(c1)-c1ccccc1C21c2ccccc2-c2ccc(NOc3ccc4c(c3)C3(c5ccccc5-c5ccccc53)c3ccccc3-4)cc21. The number of hydrogen-bond donors (Lipinski definition) is 1. The molecule has 52 heavy (non-hydrogen) atoms. The second kappa shape index (κ2) is 9.99. The lowest BCUT2D eigenvalue weighted by Gasteiger charge is -2.31. The van der Waals surface area contributed by atoms with Crippen molar-refractivity contribution in [3.8, 4) is 50.3 Å². The molecule has 0 atom stereocenters. The van der Waals surface area contributed by atoms with Gasteiger partial charge in [-0.05, 0) is 113 Å². The van der Waals surface area contributed by atoms with Crippen molar-refractivity contribution in [2.75, 3.05) is 5.48 Å². The summed E-state index contributed by atoms with van der Waals surface area (Å²) < 4.78 is 0. The third-order valence-electron chi connectivity index (χ3n) is 12.3. The largest absolute Gasteiger partial charge is 0.382 e. The van der Waals surface area contributed by atoms with Gasteiger partial charge in [-0.15, -0.1) is 0 Å². The molecule has 0 fully saturated rings. The normalized spacial score (nSPS) is 14.8. The lowest BCUT2D eigenvalue weighted by atomic mass is 9.70. The fraction of sp³-hybridized carbons (Fsp3) is 0.0400. The van der Waals surface area contributed by atoms with Gasteiger partial charge in [-0.2, -0.15) is 0 Å². The molecule has 12 rings (SSSR count). The van der Waals surface area contributed by atoms with Crippen LogP contribution in [0.1, 0.15) is 44.5 Å². The fourth-order valence-corrected chi connectivity index (χ4v) is 10.4. The van der Waals surface area contributed by atoms with E-state index >= 15 is 0 Å². The van der Waals surface area contributed by atoms with Gasteiger partial charge in [-0.1, -0.05) is 158 Å². The molecule has 0 radical (unpaired) electrons. The minimum absolute atomic E-state index is 0.397. The molecule has 0 bridgehead atoms. The predicted molar refractivity (Wildman–Crippen MR) is 210 cm³/mol. The van der Waals surface area contributed by atoms with Crippen LogP contribution in [0.15, 0.2) is 182 Å². The molecule has 8 aromatic rings. The fourth-order valence-electron chi connectivity index (χ4n) is 10.4. The Kier molecular flexibility index (Phi) is 5.40. The van der Waals surface area contributed by atoms with E-state index in [1.54, 1.807) is 0 Å². The summed E-state index contributed by atoms with van der Waals surface area (Å²) in [5.74, 6) is 0.780. The monoisotopic (exact) mass is 661 g/mol. The molecule has 4 aliphatic rings. The molecular weight excluding hydrogens is 631 g/mol. The Balaban J connectivity index is 0.987. The zero-order valence-corrected chi connectivity index (χ0v) is 28.2. The van der Waals surface area contributed by atoms with Crippen LogP contribution in [0.4, 0.5) is 5.69 Å². The van der Waals surface area contributed by atoms with Crippen LogP contribution in [0, 0.1) is 0 Å². The molecule has 2 heteroatoms. The molecular formula is C50H31NO. The molecule has 0 unspecified atom stereocenters. The van der Waals surface area contributed by atoms with Crippen LogP contribution in [0.3, 0.4) is 0 Å². The molecule has 0 amide bonds. The van der Waals surface area contributed by atoms with Gasteiger partial charge >= 0.3 is 0 Å². The number of anilines is 1. The van der Waals surface area contributed by atoms with Crippen molar-refractivity contribution in [3.63, 3.8) is 0 Å². The molecule has 2 nitrogen and oxygen atoms in total. The molecule has 0 aromatic heterocycles. The number of rotatable bonds is 3. The summed E-state index contributed by atoms with van der Waals surface area (Å²) in [5.41, 5.74) is 24.3. The molecule has 0 saturated carbocycles. The first-order valence-electron chi connectivity index (χ1n) is 18.1. The Labute approximate surface area is 302 Å². The zero-order chi connectivity index (χ0) is 34.0. The maximum absolute atomic E-state index is 6.57. The van der Waals surface area contributed by atoms with Crippen molar-refractivity contribution >= 4 is 5.69 Å². The maximum Gasteiger partial charge on any atom is 0.155 e. The van der Waals surface area contributed by atoms with Gasteiger partial charge in [0.05, 0.1) is 16.5 Å². The Bertz CT molecular complexity index is 2510. The summed E-state index contributed by atoms with van der Waals surface area (Å²) in [6, 6.07) is 66.8. The van der Waals surface area contributed by atoms with Crippen molar-refractivity contribution in [2.24, 2.45) is 0 Å². The summed E-state index contributed by atoms with van der Waals surface area (Å²) in [4.78, 5) is 6.57. The van der Waals surface area contributed by atoms with Crippen LogP contribution in [0.5, 0.6) is 5.75 Å². The predicted octanol–water partition coefficient (Wildman–Crippen LogP) is 11.8. The highest BCUT2D eigenvalue weighted by Crippen LogP contribution is 2.64. The number of nitrogens with one attached hydrogen (secondary N) is 1. The van der Waals surface area contributed by atoms with Crippen LogP contribution in [0.25, 0.3) is 44.5 Å². The third-order valence-corrected chi connectivity index (χ3v) is 12.3. The second-order valence-corrected chi connectivity index (χ2v) is 14.4. The Morgan fingerprint density at radius 1 is 0.288 bits per heavy atom. The summed E-state index contributed by atoms with van der Waals surface area (Å²) in [7, 11) is 0. The first kappa shape index (κ1) is 28.1. The summed E-state index contributed by atoms with van der Waals surface area (Å²) >= 11 is 0. The number of hydrogen-bond acceptors (Lipinski definition) is 2. The van der Waals surface area contributed by atoms with E-state index in [9.17, 15) is 0 Å². The standard InChI is InChI=1S/C50H31NO/c1-7-19-41-33(13-1)34-14-2-8-20-42(34)49(41)45-23-11-5-17-37(45)39-27-25-31(29-47(39)49)51-52-32-26-28-40-38-18-6-12-24-46(38)50(48(40)30-32)43-21-9-3-15-35(43)36-16-4-10-22-44(36)50/h1-30,51H. The highest BCUT2D eigenvalue weighted by molar-refractivity contribution is 5.97. The molecule has 242 valence electrons. The Morgan fingerprint density at radius 2 is 0.596 bits per heavy atom. The lowest BCUT2D eigenvalue weighted by Crippen LogP contribution is -2.26. The topological polar surface area (TPSA) is 21.3 Å². The highest BCUT2D eigenvalue weighted by Gasteiger charge is 2.53. The average molecular weight is 662 g/mol. The van der Waals surface area contributed by atoms with Gasteiger partial charge in [0.2, 0.25) is 0 Å². The van der Waals surface area contributed by atoms with Crippen LogP contribution in [-0.4, -0.2) is 0 Å². The molecule has 4 aliphatic carbocycles. The van der Waals surface area contributed by atoms with E-state index in [-0.39, 0.29) is 0 Å². The molecule has 2 spiro atoms. The zero-order valence-electron chi connectivity index (χ0n) is 28.2. The van der Waals surface area contributed by atoms with Crippen molar-refractivity contribution in [1.82, 2.24) is 0 Å². The van der Waals surface area contributed by atoms with E-state index in [1.165, 1.54) is 89.0 Å². The van der Waals surface area contributed by atoms with Crippen LogP contribution >= 0.6 is 0 Å². The van der Waals surface area contributed by atoms with E-state index < -0.39 is 10.8 Å². The van der Waals surface area contributed by atoms with Gasteiger partial charge in [0.15, 0.2) is 5.75 Å². The van der Waals surface area contributed by atoms with E-state index in [2.05, 4.69) is 187 Å². The third kappa shape index (κ3) is 3.27. The van der Waals surface area contributed by atoms with E-state index in [0.717, 1.165) is 11.4 Å². The quantitative estimate of drug-likeness (QED) is 0.190. The van der Waals surface area contributed by atoms with Crippen LogP contribution in [0.2, 0.25) is 0 Å². The number of fused-ring (bicyclic) bond motifs is 20. The Hall–Kier alpha value is -6.64. The number of benzene rings is 8. The van der Waals surface area contributed by atoms with Crippen molar-refractivity contribution < 1.29 is 4.84 Å². The van der Waals surface area contributed by atoms with Gasteiger partial charge in [0.1, 0.15) is 0 Å². The summed E-state index contributed by atoms with van der Waals surface area (Å²) in [6.07, 6.45) is 0. The molecule has 8 aromatic carbocycles. The average Bonchev–Trinajstić information content (AvgIpc) is 3.89. The minimum Gasteiger partial charge on any atom is -0.382 e. The van der Waals surface area contributed by atoms with E-state index in [4.69, 9.17) is 4.84 Å². The summed E-state index contributed by atoms with van der Waals surface area (Å²) in [6.45, 7) is 0. The first-order chi connectivity index (χ1) is 25.8. The van der Waals surface area contributed by atoms with Crippen molar-refractivity contribution in [1.29, 1.82) is 0 Å². The highest BCUT2D eigenvalue weighted by atomic mass is 16.6. The van der Waals surface area contributed by atoms with Crippen molar-refractivity contribution in [2.45, 2.75) is 10.8 Å². The van der Waals surface area contributed by atoms with Crippen LogP contribution < -0.4 is 10.3 Å². The summed E-state index contributed by atoms with van der Waals surface area (Å²) in [5, 5.41) is 0. The molecule has 0 heterocycles. The Morgan fingerprint density at radius 3 is 0.981 bits per heavy atom. The second-order valence-electron chi connectivity index (χ2n) is 14.4. The minimum atomic E-state index is -0.409. The van der Waals surface area contributed by atoms with Gasteiger partial charge in [0.25, 0.3) is 0 Å². The maximum atomic E-state index is 6.57. The van der Waals surface area contributed by atoms with Gasteiger partial charge < -0.3 is 4.84 Å². The van der Waals surface area contributed by atoms with Crippen molar-refractivity contribution in [3.05, 3.63) is 226 Å². The smallest absolute Gasteiger partial charge is 0.155 e. The molecule has 0 saturated heterocycles. The van der Waals surface area contributed by atoms with E-state index in [1.807, 2.05) is 0 Å². The first-order valence-corrected chi connectivity index (χ1v) is 18.1. The van der Waals surface area contributed by atoms with Crippen LogP contribution in [-0.2, 0) is 10.8 Å². The molecule has 1 N–H and O–H groups in total. The van der Waals surface area contributed by atoms with Gasteiger partial charge in [-0.25, -0.2) is 5.48 Å². The molecule has 0 aliphatic heterocycles. The van der Waals surface area contributed by atoms with E-state index in [0.29, 0.717) is 0 Å². The van der Waals surface area contributed by atoms with Gasteiger partial charge in [0, 0.05) is 0 Å². The van der Waals surface area contributed by atoms with Gasteiger partial charge in [-0.3, -0.25) is 0 Å².